The van der Waals surface area contributed by atoms with Gasteiger partial charge in [-0.1, -0.05) is 48.5 Å². The number of ether oxygens (including phenoxy) is 1. The van der Waals surface area contributed by atoms with E-state index >= 15 is 0 Å². The maximum atomic E-state index is 12.5. The SMILES string of the molecule is O=C(O)CC(NC(=O)OCC1c2ccccc2-c2ccccc21)C(=O)NCCc1ccoc1. The fraction of sp³-hybridized carbons (Fsp3) is 0.240. The summed E-state index contributed by atoms with van der Waals surface area (Å²) in [6.45, 7) is 0.350. The molecule has 0 radical (unpaired) electrons. The molecule has 2 aromatic carbocycles. The number of alkyl carbamates (subject to hydrolysis) is 1. The minimum atomic E-state index is -1.25. The van der Waals surface area contributed by atoms with Crippen molar-refractivity contribution >= 4 is 18.0 Å². The number of carboxylic acid groups (broad SMARTS) is 1. The molecule has 0 spiro atoms. The zero-order chi connectivity index (χ0) is 23.2. The van der Waals surface area contributed by atoms with E-state index in [1.807, 2.05) is 48.5 Å². The first-order valence-corrected chi connectivity index (χ1v) is 10.6. The fourth-order valence-electron chi connectivity index (χ4n) is 4.05. The summed E-state index contributed by atoms with van der Waals surface area (Å²) in [5, 5.41) is 14.2. The van der Waals surface area contributed by atoms with E-state index in [1.165, 1.54) is 6.26 Å². The smallest absolute Gasteiger partial charge is 0.407 e. The molecule has 2 amide bonds. The number of amides is 2. The molecule has 1 aromatic heterocycles. The first-order valence-electron chi connectivity index (χ1n) is 10.6. The standard InChI is InChI=1S/C25H24N2O6/c28-23(29)13-22(24(30)26-11-9-16-10-12-32-14-16)27-25(31)33-15-21-19-7-3-1-5-17(19)18-6-2-4-8-20(18)21/h1-8,10,12,14,21-22H,9,11,13,15H2,(H,26,30)(H,27,31)(H,28,29). The molecule has 1 atom stereocenters. The Morgan fingerprint density at radius 3 is 2.27 bits per heavy atom. The summed E-state index contributed by atoms with van der Waals surface area (Å²) < 4.78 is 10.4. The summed E-state index contributed by atoms with van der Waals surface area (Å²) in [7, 11) is 0. The number of furan rings is 1. The molecule has 8 nitrogen and oxygen atoms in total. The van der Waals surface area contributed by atoms with Crippen molar-refractivity contribution in [3.05, 3.63) is 83.8 Å². The van der Waals surface area contributed by atoms with Crippen LogP contribution in [-0.2, 0) is 20.7 Å². The monoisotopic (exact) mass is 448 g/mol. The van der Waals surface area contributed by atoms with Crippen molar-refractivity contribution in [2.24, 2.45) is 0 Å². The molecule has 0 saturated heterocycles. The van der Waals surface area contributed by atoms with Gasteiger partial charge in [-0.05, 0) is 40.3 Å². The molecule has 4 rings (SSSR count). The Kier molecular flexibility index (Phi) is 6.73. The van der Waals surface area contributed by atoms with E-state index in [9.17, 15) is 14.4 Å². The lowest BCUT2D eigenvalue weighted by Gasteiger charge is -2.18. The molecule has 3 N–H and O–H groups in total. The Morgan fingerprint density at radius 1 is 1.00 bits per heavy atom. The van der Waals surface area contributed by atoms with Crippen LogP contribution in [0.5, 0.6) is 0 Å². The molecule has 8 heteroatoms. The van der Waals surface area contributed by atoms with Crippen molar-refractivity contribution < 1.29 is 28.6 Å². The second-order valence-electron chi connectivity index (χ2n) is 7.79. The van der Waals surface area contributed by atoms with Gasteiger partial charge in [0.25, 0.3) is 0 Å². The molecule has 1 aliphatic rings. The largest absolute Gasteiger partial charge is 0.481 e. The van der Waals surface area contributed by atoms with E-state index in [0.717, 1.165) is 27.8 Å². The number of nitrogens with one attached hydrogen (secondary N) is 2. The summed E-state index contributed by atoms with van der Waals surface area (Å²) in [5.41, 5.74) is 5.22. The molecule has 3 aromatic rings. The van der Waals surface area contributed by atoms with Gasteiger partial charge in [-0.15, -0.1) is 0 Å². The van der Waals surface area contributed by atoms with Crippen LogP contribution in [0.15, 0.2) is 71.5 Å². The predicted octanol–water partition coefficient (Wildman–Crippen LogP) is 3.32. The third-order valence-electron chi connectivity index (χ3n) is 5.62. The Bertz CT molecular complexity index is 1100. The zero-order valence-electron chi connectivity index (χ0n) is 17.8. The third kappa shape index (κ3) is 5.23. The topological polar surface area (TPSA) is 118 Å². The van der Waals surface area contributed by atoms with Crippen LogP contribution in [-0.4, -0.2) is 42.3 Å². The number of fused-ring (bicyclic) bond motifs is 3. The number of aliphatic carboxylic acids is 1. The summed E-state index contributed by atoms with van der Waals surface area (Å²) >= 11 is 0. The molecule has 0 aliphatic heterocycles. The quantitative estimate of drug-likeness (QED) is 0.462. The van der Waals surface area contributed by atoms with Gasteiger partial charge in [0, 0.05) is 12.5 Å². The van der Waals surface area contributed by atoms with Crippen molar-refractivity contribution in [1.29, 1.82) is 0 Å². The number of hydrogen-bond donors (Lipinski definition) is 3. The van der Waals surface area contributed by atoms with Crippen molar-refractivity contribution in [1.82, 2.24) is 10.6 Å². The van der Waals surface area contributed by atoms with Crippen LogP contribution >= 0.6 is 0 Å². The van der Waals surface area contributed by atoms with Crippen molar-refractivity contribution in [3.63, 3.8) is 0 Å². The average Bonchev–Trinajstić information content (AvgIpc) is 3.43. The summed E-state index contributed by atoms with van der Waals surface area (Å²) in [4.78, 5) is 36.1. The molecule has 0 fully saturated rings. The van der Waals surface area contributed by atoms with E-state index in [1.54, 1.807) is 12.3 Å². The van der Waals surface area contributed by atoms with Crippen molar-refractivity contribution in [2.45, 2.75) is 24.8 Å². The predicted molar refractivity (Wildman–Crippen MR) is 120 cm³/mol. The van der Waals surface area contributed by atoms with Crippen LogP contribution < -0.4 is 10.6 Å². The molecule has 170 valence electrons. The first-order chi connectivity index (χ1) is 16.0. The Morgan fingerprint density at radius 2 is 1.67 bits per heavy atom. The maximum Gasteiger partial charge on any atom is 0.407 e. The van der Waals surface area contributed by atoms with Gasteiger partial charge >= 0.3 is 12.1 Å². The number of carbonyl (C=O) groups excluding carboxylic acids is 2. The highest BCUT2D eigenvalue weighted by Crippen LogP contribution is 2.44. The lowest BCUT2D eigenvalue weighted by Crippen LogP contribution is -2.48. The summed E-state index contributed by atoms with van der Waals surface area (Å²) in [6.07, 6.45) is 2.22. The number of rotatable bonds is 9. The second-order valence-corrected chi connectivity index (χ2v) is 7.79. The zero-order valence-corrected chi connectivity index (χ0v) is 17.8. The average molecular weight is 448 g/mol. The number of carbonyl (C=O) groups is 3. The Labute approximate surface area is 190 Å². The van der Waals surface area contributed by atoms with Gasteiger partial charge in [-0.25, -0.2) is 4.79 Å². The van der Waals surface area contributed by atoms with Gasteiger partial charge in [-0.3, -0.25) is 9.59 Å². The van der Waals surface area contributed by atoms with Gasteiger partial charge in [0.2, 0.25) is 5.91 Å². The number of hydrogen-bond acceptors (Lipinski definition) is 5. The highest BCUT2D eigenvalue weighted by molar-refractivity contribution is 5.89. The summed E-state index contributed by atoms with van der Waals surface area (Å²) in [6, 6.07) is 16.4. The molecular formula is C25H24N2O6. The minimum absolute atomic E-state index is 0.0712. The van der Waals surface area contributed by atoms with E-state index in [2.05, 4.69) is 10.6 Å². The fourth-order valence-corrected chi connectivity index (χ4v) is 4.05. The molecule has 1 unspecified atom stereocenters. The van der Waals surface area contributed by atoms with Gasteiger partial charge in [0.05, 0.1) is 18.9 Å². The van der Waals surface area contributed by atoms with E-state index in [0.29, 0.717) is 6.42 Å². The Balaban J connectivity index is 1.35. The van der Waals surface area contributed by atoms with Crippen molar-refractivity contribution in [2.75, 3.05) is 13.2 Å². The molecule has 1 heterocycles. The maximum absolute atomic E-state index is 12.5. The lowest BCUT2D eigenvalue weighted by molar-refractivity contribution is -0.139. The van der Waals surface area contributed by atoms with Crippen LogP contribution in [0.3, 0.4) is 0 Å². The van der Waals surface area contributed by atoms with E-state index < -0.39 is 30.4 Å². The van der Waals surface area contributed by atoms with Crippen LogP contribution in [0, 0.1) is 0 Å². The van der Waals surface area contributed by atoms with Gasteiger partial charge in [-0.2, -0.15) is 0 Å². The van der Waals surface area contributed by atoms with E-state index in [-0.39, 0.29) is 19.1 Å². The number of benzene rings is 2. The molecule has 33 heavy (non-hydrogen) atoms. The molecule has 0 saturated carbocycles. The second kappa shape index (κ2) is 10.0. The van der Waals surface area contributed by atoms with E-state index in [4.69, 9.17) is 14.3 Å². The van der Waals surface area contributed by atoms with Crippen LogP contribution in [0.25, 0.3) is 11.1 Å². The van der Waals surface area contributed by atoms with Crippen molar-refractivity contribution in [3.8, 4) is 11.1 Å². The normalized spacial score (nSPS) is 13.0. The van der Waals surface area contributed by atoms with Crippen LogP contribution in [0.2, 0.25) is 0 Å². The van der Waals surface area contributed by atoms with Gasteiger partial charge < -0.3 is 24.9 Å². The van der Waals surface area contributed by atoms with Gasteiger partial charge in [0.15, 0.2) is 0 Å². The minimum Gasteiger partial charge on any atom is -0.481 e. The van der Waals surface area contributed by atoms with Crippen LogP contribution in [0.1, 0.15) is 29.0 Å². The molecular weight excluding hydrogens is 424 g/mol. The lowest BCUT2D eigenvalue weighted by atomic mass is 9.98. The summed E-state index contributed by atoms with van der Waals surface area (Å²) in [5.74, 6) is -1.93. The third-order valence-corrected chi connectivity index (χ3v) is 5.62. The van der Waals surface area contributed by atoms with Crippen LogP contribution in [0.4, 0.5) is 4.79 Å². The first kappa shape index (κ1) is 22.1. The number of carboxylic acids is 1. The highest BCUT2D eigenvalue weighted by atomic mass is 16.5. The van der Waals surface area contributed by atoms with Gasteiger partial charge in [0.1, 0.15) is 12.6 Å². The highest BCUT2D eigenvalue weighted by Gasteiger charge is 2.30. The molecule has 0 bridgehead atoms. The Hall–Kier alpha value is -4.07. The molecule has 1 aliphatic carbocycles.